The molecule has 3 nitrogen and oxygen atoms in total. The predicted molar refractivity (Wildman–Crippen MR) is 103 cm³/mol. The Bertz CT molecular complexity index is 629. The Morgan fingerprint density at radius 2 is 2.05 bits per heavy atom. The number of hydrogen-bond donors (Lipinski definition) is 2. The third kappa shape index (κ3) is 4.38. The van der Waals surface area contributed by atoms with E-state index in [1.165, 1.54) is 17.7 Å². The molecule has 0 bridgehead atoms. The summed E-state index contributed by atoms with van der Waals surface area (Å²) in [5.74, 6) is 1.08. The van der Waals surface area contributed by atoms with Crippen molar-refractivity contribution in [2.24, 2.45) is 0 Å². The molecule has 2 aromatic rings. The molecule has 1 aliphatic rings. The minimum Gasteiger partial charge on any atom is -0.398 e. The van der Waals surface area contributed by atoms with Gasteiger partial charge in [0.1, 0.15) is 10.8 Å². The van der Waals surface area contributed by atoms with Crippen LogP contribution in [0.1, 0.15) is 33.9 Å². The summed E-state index contributed by atoms with van der Waals surface area (Å²) in [6.45, 7) is 3.06. The van der Waals surface area contributed by atoms with Crippen molar-refractivity contribution < 1.29 is 0 Å². The number of nitrogen functional groups attached to an aromatic ring is 1. The number of fused-ring (bicyclic) bond motifs is 1. The van der Waals surface area contributed by atoms with Gasteiger partial charge in [-0.2, -0.15) is 0 Å². The fraction of sp³-hybridized carbons (Fsp3) is 0.312. The topological polar surface area (TPSA) is 50.9 Å². The van der Waals surface area contributed by atoms with Crippen LogP contribution in [-0.4, -0.2) is 11.5 Å². The Hall–Kier alpha value is -1.23. The second-order valence-corrected chi connectivity index (χ2v) is 6.27. The second kappa shape index (κ2) is 8.42. The molecule has 1 aliphatic heterocycles. The minimum atomic E-state index is 0. The molecule has 1 aromatic carbocycles. The molecule has 0 unspecified atom stereocenters. The summed E-state index contributed by atoms with van der Waals surface area (Å²) < 4.78 is 0. The van der Waals surface area contributed by atoms with Crippen molar-refractivity contribution >= 4 is 59.8 Å². The van der Waals surface area contributed by atoms with Gasteiger partial charge in [0.2, 0.25) is 0 Å². The second-order valence-electron chi connectivity index (χ2n) is 5.16. The van der Waals surface area contributed by atoms with Gasteiger partial charge in [-0.05, 0) is 49.5 Å². The van der Waals surface area contributed by atoms with Crippen LogP contribution in [0.3, 0.4) is 0 Å². The summed E-state index contributed by atoms with van der Waals surface area (Å²) >= 11 is 1.78. The van der Waals surface area contributed by atoms with Gasteiger partial charge in [0.25, 0.3) is 0 Å². The highest BCUT2D eigenvalue weighted by Crippen LogP contribution is 2.28. The fourth-order valence-electron chi connectivity index (χ4n) is 2.30. The number of nitrogens with one attached hydrogen (secondary N) is 1. The molecule has 22 heavy (non-hydrogen) atoms. The number of hydrogen-bond acceptors (Lipinski definition) is 4. The van der Waals surface area contributed by atoms with E-state index < -0.39 is 0 Å². The van der Waals surface area contributed by atoms with E-state index in [2.05, 4.69) is 28.5 Å². The third-order valence-corrected chi connectivity index (χ3v) is 4.64. The van der Waals surface area contributed by atoms with Crippen molar-refractivity contribution in [1.29, 1.82) is 0 Å². The van der Waals surface area contributed by atoms with Crippen molar-refractivity contribution in [3.8, 4) is 0 Å². The minimum absolute atomic E-state index is 0. The summed E-state index contributed by atoms with van der Waals surface area (Å²) in [5, 5.41) is 4.46. The summed E-state index contributed by atoms with van der Waals surface area (Å²) in [6.07, 6.45) is 7.78. The molecule has 3 N–H and O–H groups in total. The quantitative estimate of drug-likeness (QED) is 0.759. The van der Waals surface area contributed by atoms with E-state index >= 15 is 0 Å². The molecule has 0 aliphatic carbocycles. The third-order valence-electron chi connectivity index (χ3n) is 3.56. The maximum Gasteiger partial charge on any atom is 0.140 e. The van der Waals surface area contributed by atoms with Gasteiger partial charge in [0.05, 0.1) is 0 Å². The van der Waals surface area contributed by atoms with Crippen LogP contribution >= 0.6 is 36.2 Å². The van der Waals surface area contributed by atoms with E-state index in [9.17, 15) is 0 Å². The van der Waals surface area contributed by atoms with E-state index in [1.54, 1.807) is 11.3 Å². The summed E-state index contributed by atoms with van der Waals surface area (Å²) in [6, 6.07) is 6.13. The number of aryl methyl sites for hydroxylation is 2. The Morgan fingerprint density at radius 3 is 2.82 bits per heavy atom. The molecule has 6 heteroatoms. The van der Waals surface area contributed by atoms with Gasteiger partial charge in [0, 0.05) is 17.1 Å². The van der Waals surface area contributed by atoms with Crippen LogP contribution in [0.5, 0.6) is 0 Å². The molecular weight excluding hydrogens is 337 g/mol. The maximum absolute atomic E-state index is 5.93. The van der Waals surface area contributed by atoms with Crippen LogP contribution in [0.4, 0.5) is 11.5 Å². The first-order chi connectivity index (χ1) is 9.72. The van der Waals surface area contributed by atoms with Gasteiger partial charge in [0.15, 0.2) is 0 Å². The molecule has 0 fully saturated rings. The first kappa shape index (κ1) is 18.8. The number of rotatable bonds is 2. The monoisotopic (exact) mass is 357 g/mol. The lowest BCUT2D eigenvalue weighted by Gasteiger charge is -2.00. The predicted octanol–water partition coefficient (Wildman–Crippen LogP) is 4.80. The van der Waals surface area contributed by atoms with Gasteiger partial charge in [-0.25, -0.2) is 4.98 Å². The van der Waals surface area contributed by atoms with E-state index in [-0.39, 0.29) is 24.8 Å². The lowest BCUT2D eigenvalue weighted by atomic mass is 10.1. The first-order valence-corrected chi connectivity index (χ1v) is 7.82. The highest BCUT2D eigenvalue weighted by atomic mass is 35.5. The van der Waals surface area contributed by atoms with Gasteiger partial charge in [-0.3, -0.25) is 0 Å². The van der Waals surface area contributed by atoms with Crippen molar-refractivity contribution in [3.63, 3.8) is 0 Å². The summed E-state index contributed by atoms with van der Waals surface area (Å²) in [5.41, 5.74) is 9.00. The molecule has 0 saturated heterocycles. The largest absolute Gasteiger partial charge is 0.398 e. The van der Waals surface area contributed by atoms with E-state index in [0.29, 0.717) is 0 Å². The maximum atomic E-state index is 5.93. The molecular formula is C16H21Cl2N3S. The van der Waals surface area contributed by atoms with Crippen LogP contribution in [0.2, 0.25) is 0 Å². The van der Waals surface area contributed by atoms with Crippen LogP contribution < -0.4 is 11.1 Å². The molecule has 0 radical (unpaired) electrons. The molecule has 120 valence electrons. The standard InChI is InChI=1S/C16H19N3S.2ClH/c1-11-5-6-12(10-13(11)17)7-8-15-19-16-14(20-15)4-2-3-9-18-16;;/h5-8,10,18H,2-4,9,17H2,1H3;2*1H. The zero-order valence-electron chi connectivity index (χ0n) is 12.5. The van der Waals surface area contributed by atoms with E-state index in [4.69, 9.17) is 5.73 Å². The number of aromatic nitrogens is 1. The summed E-state index contributed by atoms with van der Waals surface area (Å²) in [4.78, 5) is 6.04. The Balaban J connectivity index is 0.00000121. The number of thiazole rings is 1. The average Bonchev–Trinajstić information content (AvgIpc) is 2.70. The normalized spacial score (nSPS) is 13.5. The molecule has 2 heterocycles. The van der Waals surface area contributed by atoms with Crippen molar-refractivity contribution in [3.05, 3.63) is 39.2 Å². The van der Waals surface area contributed by atoms with Crippen molar-refractivity contribution in [1.82, 2.24) is 4.98 Å². The number of halogens is 2. The Morgan fingerprint density at radius 1 is 1.23 bits per heavy atom. The number of nitrogens with two attached hydrogens (primary N) is 1. The zero-order chi connectivity index (χ0) is 13.9. The number of nitrogens with zero attached hydrogens (tertiary/aromatic N) is 1. The van der Waals surface area contributed by atoms with Gasteiger partial charge < -0.3 is 11.1 Å². The lowest BCUT2D eigenvalue weighted by molar-refractivity contribution is 0.790. The summed E-state index contributed by atoms with van der Waals surface area (Å²) in [7, 11) is 0. The number of anilines is 2. The van der Waals surface area contributed by atoms with E-state index in [0.717, 1.165) is 40.6 Å². The highest BCUT2D eigenvalue weighted by molar-refractivity contribution is 7.13. The molecule has 1 aromatic heterocycles. The van der Waals surface area contributed by atoms with Gasteiger partial charge in [-0.1, -0.05) is 18.2 Å². The molecule has 0 spiro atoms. The van der Waals surface area contributed by atoms with Crippen LogP contribution in [-0.2, 0) is 6.42 Å². The molecule has 0 amide bonds. The smallest absolute Gasteiger partial charge is 0.140 e. The molecule has 0 saturated carbocycles. The average molecular weight is 358 g/mol. The van der Waals surface area contributed by atoms with Gasteiger partial charge in [-0.15, -0.1) is 36.2 Å². The lowest BCUT2D eigenvalue weighted by Crippen LogP contribution is -1.99. The first-order valence-electron chi connectivity index (χ1n) is 7.00. The fourth-order valence-corrected chi connectivity index (χ4v) is 3.28. The zero-order valence-corrected chi connectivity index (χ0v) is 14.9. The Labute approximate surface area is 147 Å². The van der Waals surface area contributed by atoms with Gasteiger partial charge >= 0.3 is 0 Å². The van der Waals surface area contributed by atoms with E-state index in [1.807, 2.05) is 19.1 Å². The molecule has 3 rings (SSSR count). The van der Waals surface area contributed by atoms with Crippen LogP contribution in [0.25, 0.3) is 12.2 Å². The Kier molecular flexibility index (Phi) is 7.20. The van der Waals surface area contributed by atoms with Crippen LogP contribution in [0.15, 0.2) is 18.2 Å². The molecule has 0 atom stereocenters. The highest BCUT2D eigenvalue weighted by Gasteiger charge is 2.12. The number of benzene rings is 1. The SMILES string of the molecule is Cc1ccc(C=Cc2nc3c(s2)CCCCN3)cc1N.Cl.Cl. The van der Waals surface area contributed by atoms with Crippen LogP contribution in [0, 0.1) is 6.92 Å². The van der Waals surface area contributed by atoms with Crippen molar-refractivity contribution in [2.45, 2.75) is 26.2 Å². The van der Waals surface area contributed by atoms with Crippen molar-refractivity contribution in [2.75, 3.05) is 17.6 Å².